The van der Waals surface area contributed by atoms with Crippen molar-refractivity contribution in [1.82, 2.24) is 5.32 Å². The third-order valence-corrected chi connectivity index (χ3v) is 2.06. The lowest BCUT2D eigenvalue weighted by atomic mass is 10.0. The number of nitriles is 1. The highest BCUT2D eigenvalue weighted by molar-refractivity contribution is 4.97. The number of nitrogens with one attached hydrogen (secondary N) is 1. The van der Waals surface area contributed by atoms with E-state index in [2.05, 4.69) is 18.0 Å². The SMILES string of the molecule is C=CCNC(C#N)C1CCOC1. The maximum absolute atomic E-state index is 8.81. The number of hydrogen-bond donors (Lipinski definition) is 1. The van der Waals surface area contributed by atoms with E-state index in [4.69, 9.17) is 10.00 Å². The van der Waals surface area contributed by atoms with Crippen molar-refractivity contribution in [1.29, 1.82) is 5.26 Å². The molecular formula is C9H14N2O. The van der Waals surface area contributed by atoms with Crippen molar-refractivity contribution in [3.63, 3.8) is 0 Å². The summed E-state index contributed by atoms with van der Waals surface area (Å²) in [5.41, 5.74) is 0. The normalized spacial score (nSPS) is 24.8. The van der Waals surface area contributed by atoms with Crippen LogP contribution in [0.3, 0.4) is 0 Å². The molecule has 2 unspecified atom stereocenters. The third kappa shape index (κ3) is 2.33. The Hall–Kier alpha value is -0.850. The van der Waals surface area contributed by atoms with Crippen molar-refractivity contribution in [2.24, 2.45) is 5.92 Å². The largest absolute Gasteiger partial charge is 0.381 e. The fourth-order valence-corrected chi connectivity index (χ4v) is 1.34. The molecule has 0 aromatic carbocycles. The lowest BCUT2D eigenvalue weighted by Crippen LogP contribution is -2.35. The molecule has 1 fully saturated rings. The average molecular weight is 166 g/mol. The van der Waals surface area contributed by atoms with Crippen molar-refractivity contribution in [3.05, 3.63) is 12.7 Å². The Labute approximate surface area is 73.0 Å². The van der Waals surface area contributed by atoms with E-state index >= 15 is 0 Å². The Morgan fingerprint density at radius 2 is 2.67 bits per heavy atom. The van der Waals surface area contributed by atoms with Crippen LogP contribution in [0.1, 0.15) is 6.42 Å². The van der Waals surface area contributed by atoms with Crippen LogP contribution in [0.4, 0.5) is 0 Å². The molecule has 1 N–H and O–H groups in total. The minimum atomic E-state index is -0.0782. The molecule has 2 atom stereocenters. The van der Waals surface area contributed by atoms with Crippen LogP contribution in [-0.2, 0) is 4.74 Å². The lowest BCUT2D eigenvalue weighted by molar-refractivity contribution is 0.181. The highest BCUT2D eigenvalue weighted by atomic mass is 16.5. The van der Waals surface area contributed by atoms with Gasteiger partial charge >= 0.3 is 0 Å². The van der Waals surface area contributed by atoms with Gasteiger partial charge in [-0.05, 0) is 6.42 Å². The Morgan fingerprint density at radius 1 is 1.83 bits per heavy atom. The maximum atomic E-state index is 8.81. The molecule has 3 nitrogen and oxygen atoms in total. The Bertz CT molecular complexity index is 179. The first-order chi connectivity index (χ1) is 5.88. The molecule has 1 aliphatic rings. The number of nitrogens with zero attached hydrogens (tertiary/aromatic N) is 1. The second-order valence-corrected chi connectivity index (χ2v) is 2.93. The van der Waals surface area contributed by atoms with E-state index in [0.717, 1.165) is 13.0 Å². The molecule has 1 saturated heterocycles. The van der Waals surface area contributed by atoms with Crippen LogP contribution in [0.25, 0.3) is 0 Å². The van der Waals surface area contributed by atoms with Crippen molar-refractivity contribution in [3.8, 4) is 6.07 Å². The summed E-state index contributed by atoms with van der Waals surface area (Å²) in [5.74, 6) is 0.356. The van der Waals surface area contributed by atoms with E-state index < -0.39 is 0 Å². The summed E-state index contributed by atoms with van der Waals surface area (Å²) in [7, 11) is 0. The smallest absolute Gasteiger partial charge is 0.101 e. The van der Waals surface area contributed by atoms with Gasteiger partial charge in [0, 0.05) is 19.1 Å². The first-order valence-corrected chi connectivity index (χ1v) is 4.20. The zero-order valence-corrected chi connectivity index (χ0v) is 7.12. The highest BCUT2D eigenvalue weighted by Gasteiger charge is 2.24. The second-order valence-electron chi connectivity index (χ2n) is 2.93. The van der Waals surface area contributed by atoms with Gasteiger partial charge in [-0.1, -0.05) is 6.08 Å². The predicted octanol–water partition coefficient (Wildman–Crippen LogP) is 0.691. The summed E-state index contributed by atoms with van der Waals surface area (Å²) in [6.07, 6.45) is 2.75. The van der Waals surface area contributed by atoms with Crippen LogP contribution in [0.15, 0.2) is 12.7 Å². The summed E-state index contributed by atoms with van der Waals surface area (Å²) >= 11 is 0. The first-order valence-electron chi connectivity index (χ1n) is 4.20. The molecule has 0 aliphatic carbocycles. The Balaban J connectivity index is 2.33. The summed E-state index contributed by atoms with van der Waals surface area (Å²) in [5, 5.41) is 11.9. The second kappa shape index (κ2) is 4.91. The topological polar surface area (TPSA) is 45.0 Å². The average Bonchev–Trinajstić information content (AvgIpc) is 2.59. The molecule has 1 rings (SSSR count). The zero-order chi connectivity index (χ0) is 8.81. The molecule has 0 aromatic rings. The molecule has 1 heterocycles. The highest BCUT2D eigenvalue weighted by Crippen LogP contribution is 2.15. The van der Waals surface area contributed by atoms with Crippen molar-refractivity contribution in [2.45, 2.75) is 12.5 Å². The van der Waals surface area contributed by atoms with E-state index in [1.807, 2.05) is 0 Å². The fraction of sp³-hybridized carbons (Fsp3) is 0.667. The molecular weight excluding hydrogens is 152 g/mol. The van der Waals surface area contributed by atoms with Crippen molar-refractivity contribution >= 4 is 0 Å². The molecule has 0 aromatic heterocycles. The summed E-state index contributed by atoms with van der Waals surface area (Å²) in [4.78, 5) is 0. The van der Waals surface area contributed by atoms with E-state index in [9.17, 15) is 0 Å². The molecule has 0 bridgehead atoms. The van der Waals surface area contributed by atoms with E-state index in [0.29, 0.717) is 19.1 Å². The van der Waals surface area contributed by atoms with E-state index in [1.54, 1.807) is 6.08 Å². The first kappa shape index (κ1) is 9.24. The van der Waals surface area contributed by atoms with Crippen LogP contribution in [0, 0.1) is 17.2 Å². The van der Waals surface area contributed by atoms with Gasteiger partial charge in [-0.15, -0.1) is 6.58 Å². The molecule has 12 heavy (non-hydrogen) atoms. The molecule has 0 spiro atoms. The standard InChI is InChI=1S/C9H14N2O/c1-2-4-11-9(6-10)8-3-5-12-7-8/h2,8-9,11H,1,3-5,7H2. The van der Waals surface area contributed by atoms with Crippen LogP contribution < -0.4 is 5.32 Å². The van der Waals surface area contributed by atoms with Gasteiger partial charge < -0.3 is 4.74 Å². The molecule has 3 heteroatoms. The molecule has 0 radical (unpaired) electrons. The lowest BCUT2D eigenvalue weighted by Gasteiger charge is -2.14. The van der Waals surface area contributed by atoms with E-state index in [-0.39, 0.29) is 6.04 Å². The van der Waals surface area contributed by atoms with Gasteiger partial charge in [0.15, 0.2) is 0 Å². The van der Waals surface area contributed by atoms with Crippen molar-refractivity contribution < 1.29 is 4.74 Å². The minimum Gasteiger partial charge on any atom is -0.381 e. The predicted molar refractivity (Wildman–Crippen MR) is 46.5 cm³/mol. The molecule has 0 saturated carbocycles. The summed E-state index contributed by atoms with van der Waals surface area (Å²) in [6, 6.07) is 2.16. The fourth-order valence-electron chi connectivity index (χ4n) is 1.34. The number of hydrogen-bond acceptors (Lipinski definition) is 3. The molecule has 0 amide bonds. The van der Waals surface area contributed by atoms with Gasteiger partial charge in [-0.3, -0.25) is 5.32 Å². The van der Waals surface area contributed by atoms with Gasteiger partial charge in [0.2, 0.25) is 0 Å². The molecule has 66 valence electrons. The van der Waals surface area contributed by atoms with Crippen LogP contribution in [0.2, 0.25) is 0 Å². The van der Waals surface area contributed by atoms with Gasteiger partial charge in [0.25, 0.3) is 0 Å². The molecule has 1 aliphatic heterocycles. The van der Waals surface area contributed by atoms with Crippen LogP contribution >= 0.6 is 0 Å². The van der Waals surface area contributed by atoms with Gasteiger partial charge in [0.05, 0.1) is 12.7 Å². The summed E-state index contributed by atoms with van der Waals surface area (Å²) in [6.45, 7) is 5.78. The number of ether oxygens (including phenoxy) is 1. The Kier molecular flexibility index (Phi) is 3.78. The van der Waals surface area contributed by atoms with Crippen LogP contribution in [0.5, 0.6) is 0 Å². The van der Waals surface area contributed by atoms with Gasteiger partial charge in [0.1, 0.15) is 6.04 Å². The minimum absolute atomic E-state index is 0.0782. The van der Waals surface area contributed by atoms with E-state index in [1.165, 1.54) is 0 Å². The Morgan fingerprint density at radius 3 is 3.17 bits per heavy atom. The maximum Gasteiger partial charge on any atom is 0.101 e. The monoisotopic (exact) mass is 166 g/mol. The zero-order valence-electron chi connectivity index (χ0n) is 7.12. The third-order valence-electron chi connectivity index (χ3n) is 2.06. The van der Waals surface area contributed by atoms with Gasteiger partial charge in [-0.2, -0.15) is 5.26 Å². The van der Waals surface area contributed by atoms with Gasteiger partial charge in [-0.25, -0.2) is 0 Å². The van der Waals surface area contributed by atoms with Crippen molar-refractivity contribution in [2.75, 3.05) is 19.8 Å². The number of rotatable bonds is 4. The summed E-state index contributed by atoms with van der Waals surface area (Å²) < 4.78 is 5.20. The van der Waals surface area contributed by atoms with Crippen LogP contribution in [-0.4, -0.2) is 25.8 Å². The quantitative estimate of drug-likeness (QED) is 0.625.